The van der Waals surface area contributed by atoms with E-state index in [2.05, 4.69) is 12.2 Å². The molecule has 0 bridgehead atoms. The number of aliphatic carboxylic acids is 1. The Morgan fingerprint density at radius 1 is 0.880 bits per heavy atom. The van der Waals surface area contributed by atoms with E-state index in [4.69, 9.17) is 0 Å². The normalized spacial score (nSPS) is 18.2. The van der Waals surface area contributed by atoms with E-state index in [0.29, 0.717) is 5.92 Å². The molecule has 0 saturated carbocycles. The van der Waals surface area contributed by atoms with Crippen molar-refractivity contribution in [2.24, 2.45) is 11.3 Å². The standard InChI is InChI=1S/C22H43NO2/c1-3-4-5-6-7-8-9-10-11-12-13-14-17-22(2,21(24)25)20-15-18-23-19-16-20/h20,23H,3-19H2,1-2H3,(H,24,25). The number of rotatable bonds is 15. The smallest absolute Gasteiger partial charge is 0.309 e. The Bertz CT molecular complexity index is 339. The van der Waals surface area contributed by atoms with Crippen molar-refractivity contribution >= 4 is 5.97 Å². The summed E-state index contributed by atoms with van der Waals surface area (Å²) in [4.78, 5) is 11.8. The third-order valence-electron chi connectivity index (χ3n) is 6.28. The number of nitrogens with one attached hydrogen (secondary N) is 1. The predicted octanol–water partition coefficient (Wildman–Crippen LogP) is 6.17. The number of carboxylic acids is 1. The third-order valence-corrected chi connectivity index (χ3v) is 6.28. The average molecular weight is 354 g/mol. The molecule has 1 fully saturated rings. The van der Waals surface area contributed by atoms with Crippen LogP contribution in [0.5, 0.6) is 0 Å². The molecule has 2 N–H and O–H groups in total. The maximum atomic E-state index is 11.8. The second-order valence-corrected chi connectivity index (χ2v) is 8.39. The van der Waals surface area contributed by atoms with Crippen molar-refractivity contribution in [3.63, 3.8) is 0 Å². The minimum absolute atomic E-state index is 0.346. The van der Waals surface area contributed by atoms with Gasteiger partial charge < -0.3 is 10.4 Å². The zero-order valence-electron chi connectivity index (χ0n) is 17.0. The topological polar surface area (TPSA) is 49.3 Å². The quantitative estimate of drug-likeness (QED) is 0.346. The molecule has 1 aliphatic heterocycles. The van der Waals surface area contributed by atoms with Gasteiger partial charge in [0.2, 0.25) is 0 Å². The molecule has 0 radical (unpaired) electrons. The first-order valence-electron chi connectivity index (χ1n) is 11.1. The van der Waals surface area contributed by atoms with Crippen LogP contribution in [0.15, 0.2) is 0 Å². The van der Waals surface area contributed by atoms with E-state index in [1.54, 1.807) is 0 Å². The number of unbranched alkanes of at least 4 members (excludes halogenated alkanes) is 11. The van der Waals surface area contributed by atoms with E-state index < -0.39 is 11.4 Å². The van der Waals surface area contributed by atoms with Gasteiger partial charge in [0.1, 0.15) is 0 Å². The first-order chi connectivity index (χ1) is 12.1. The Morgan fingerprint density at radius 2 is 1.32 bits per heavy atom. The maximum Gasteiger partial charge on any atom is 0.309 e. The predicted molar refractivity (Wildman–Crippen MR) is 107 cm³/mol. The molecular formula is C22H43NO2. The van der Waals surface area contributed by atoms with E-state index >= 15 is 0 Å². The average Bonchev–Trinajstić information content (AvgIpc) is 2.63. The lowest BCUT2D eigenvalue weighted by molar-refractivity contribution is -0.152. The van der Waals surface area contributed by atoms with Crippen molar-refractivity contribution in [3.8, 4) is 0 Å². The Kier molecular flexibility index (Phi) is 12.2. The summed E-state index contributed by atoms with van der Waals surface area (Å²) < 4.78 is 0. The molecule has 0 spiro atoms. The number of hydrogen-bond donors (Lipinski definition) is 2. The molecule has 25 heavy (non-hydrogen) atoms. The monoisotopic (exact) mass is 353 g/mol. The largest absolute Gasteiger partial charge is 0.481 e. The molecular weight excluding hydrogens is 310 g/mol. The van der Waals surface area contributed by atoms with Gasteiger partial charge in [-0.2, -0.15) is 0 Å². The molecule has 148 valence electrons. The van der Waals surface area contributed by atoms with Crippen molar-refractivity contribution in [2.75, 3.05) is 13.1 Å². The SMILES string of the molecule is CCCCCCCCCCCCCCC(C)(C(=O)O)C1CCNCC1. The maximum absolute atomic E-state index is 11.8. The van der Waals surface area contributed by atoms with Crippen LogP contribution < -0.4 is 5.32 Å². The van der Waals surface area contributed by atoms with Gasteiger partial charge in [0.15, 0.2) is 0 Å². The fourth-order valence-electron chi connectivity index (χ4n) is 4.28. The summed E-state index contributed by atoms with van der Waals surface area (Å²) in [6.07, 6.45) is 18.9. The number of carbonyl (C=O) groups is 1. The molecule has 1 atom stereocenters. The first kappa shape index (κ1) is 22.5. The summed E-state index contributed by atoms with van der Waals surface area (Å²) >= 11 is 0. The van der Waals surface area contributed by atoms with Crippen molar-refractivity contribution in [2.45, 2.75) is 110 Å². The van der Waals surface area contributed by atoms with Gasteiger partial charge in [0.25, 0.3) is 0 Å². The summed E-state index contributed by atoms with van der Waals surface area (Å²) in [5, 5.41) is 13.1. The molecule has 3 heteroatoms. The summed E-state index contributed by atoms with van der Waals surface area (Å²) in [6, 6.07) is 0. The highest BCUT2D eigenvalue weighted by atomic mass is 16.4. The molecule has 1 saturated heterocycles. The van der Waals surface area contributed by atoms with Crippen molar-refractivity contribution in [1.29, 1.82) is 0 Å². The highest BCUT2D eigenvalue weighted by molar-refractivity contribution is 5.74. The highest BCUT2D eigenvalue weighted by Crippen LogP contribution is 2.38. The molecule has 0 amide bonds. The first-order valence-corrected chi connectivity index (χ1v) is 11.1. The van der Waals surface area contributed by atoms with Gasteiger partial charge in [-0.1, -0.05) is 84.0 Å². The lowest BCUT2D eigenvalue weighted by Crippen LogP contribution is -2.42. The number of piperidine rings is 1. The van der Waals surface area contributed by atoms with Gasteiger partial charge in [0.05, 0.1) is 5.41 Å². The van der Waals surface area contributed by atoms with Gasteiger partial charge in [-0.15, -0.1) is 0 Å². The van der Waals surface area contributed by atoms with Crippen LogP contribution >= 0.6 is 0 Å². The van der Waals surface area contributed by atoms with Crippen LogP contribution in [-0.2, 0) is 4.79 Å². The molecule has 0 aromatic carbocycles. The van der Waals surface area contributed by atoms with Crippen LogP contribution in [0.2, 0.25) is 0 Å². The van der Waals surface area contributed by atoms with Gasteiger partial charge in [0, 0.05) is 0 Å². The second kappa shape index (κ2) is 13.6. The van der Waals surface area contributed by atoms with Crippen LogP contribution in [-0.4, -0.2) is 24.2 Å². The van der Waals surface area contributed by atoms with E-state index in [1.165, 1.54) is 70.6 Å². The van der Waals surface area contributed by atoms with Crippen LogP contribution in [0.4, 0.5) is 0 Å². The Labute approximate surface area is 156 Å². The second-order valence-electron chi connectivity index (χ2n) is 8.39. The summed E-state index contributed by atoms with van der Waals surface area (Å²) in [6.45, 7) is 6.22. The van der Waals surface area contributed by atoms with Gasteiger partial charge in [-0.3, -0.25) is 4.79 Å². The Balaban J connectivity index is 2.04. The third kappa shape index (κ3) is 9.08. The van der Waals surface area contributed by atoms with Crippen LogP contribution in [0.1, 0.15) is 110 Å². The van der Waals surface area contributed by atoms with E-state index in [-0.39, 0.29) is 0 Å². The van der Waals surface area contributed by atoms with Gasteiger partial charge in [-0.05, 0) is 45.2 Å². The van der Waals surface area contributed by atoms with Crippen molar-refractivity contribution in [1.82, 2.24) is 5.32 Å². The molecule has 1 unspecified atom stereocenters. The van der Waals surface area contributed by atoms with E-state index in [9.17, 15) is 9.90 Å². The van der Waals surface area contributed by atoms with Crippen LogP contribution in [0.25, 0.3) is 0 Å². The summed E-state index contributed by atoms with van der Waals surface area (Å²) in [5.74, 6) is -0.235. The minimum Gasteiger partial charge on any atom is -0.481 e. The van der Waals surface area contributed by atoms with Crippen molar-refractivity contribution in [3.05, 3.63) is 0 Å². The summed E-state index contributed by atoms with van der Waals surface area (Å²) in [5.41, 5.74) is -0.513. The van der Waals surface area contributed by atoms with Crippen molar-refractivity contribution < 1.29 is 9.90 Å². The lowest BCUT2D eigenvalue weighted by Gasteiger charge is -2.37. The minimum atomic E-state index is -0.581. The van der Waals surface area contributed by atoms with E-state index in [0.717, 1.165) is 38.8 Å². The molecule has 1 aliphatic rings. The van der Waals surface area contributed by atoms with Crippen LogP contribution in [0, 0.1) is 11.3 Å². The van der Waals surface area contributed by atoms with Crippen LogP contribution in [0.3, 0.4) is 0 Å². The van der Waals surface area contributed by atoms with Gasteiger partial charge >= 0.3 is 5.97 Å². The number of hydrogen-bond acceptors (Lipinski definition) is 2. The molecule has 0 aromatic heterocycles. The molecule has 0 aromatic rings. The molecule has 3 nitrogen and oxygen atoms in total. The number of carboxylic acid groups (broad SMARTS) is 1. The molecule has 1 rings (SSSR count). The molecule has 1 heterocycles. The zero-order valence-corrected chi connectivity index (χ0v) is 17.0. The zero-order chi connectivity index (χ0) is 18.4. The van der Waals surface area contributed by atoms with Gasteiger partial charge in [-0.25, -0.2) is 0 Å². The lowest BCUT2D eigenvalue weighted by atomic mass is 9.69. The fourth-order valence-corrected chi connectivity index (χ4v) is 4.28. The molecule has 0 aliphatic carbocycles. The Morgan fingerprint density at radius 3 is 1.76 bits per heavy atom. The highest BCUT2D eigenvalue weighted by Gasteiger charge is 2.40. The van der Waals surface area contributed by atoms with E-state index in [1.807, 2.05) is 6.92 Å². The fraction of sp³-hybridized carbons (Fsp3) is 0.955. The Hall–Kier alpha value is -0.570. The summed E-state index contributed by atoms with van der Waals surface area (Å²) in [7, 11) is 0.